The molecule has 96 valence electrons. The van der Waals surface area contributed by atoms with Gasteiger partial charge in [-0.3, -0.25) is 4.90 Å². The largest absolute Gasteiger partial charge is 0.313 e. The number of hydrogen-bond donors (Lipinski definition) is 2. The van der Waals surface area contributed by atoms with E-state index in [-0.39, 0.29) is 0 Å². The number of nitrogen functional groups attached to an aromatic ring is 1. The molecule has 2 heterocycles. The molecule has 1 aliphatic heterocycles. The minimum atomic E-state index is 0.667. The molecular formula is C10H20N6S. The fourth-order valence-electron chi connectivity index (χ4n) is 2.31. The molecule has 0 aromatic carbocycles. The van der Waals surface area contributed by atoms with E-state index in [1.807, 2.05) is 0 Å². The van der Waals surface area contributed by atoms with Crippen LogP contribution in [-0.2, 0) is 6.54 Å². The van der Waals surface area contributed by atoms with Crippen molar-refractivity contribution in [2.75, 3.05) is 32.6 Å². The first-order valence-corrected chi connectivity index (χ1v) is 6.64. The summed E-state index contributed by atoms with van der Waals surface area (Å²) in [6.45, 7) is 3.07. The lowest BCUT2D eigenvalue weighted by atomic mass is 10.2. The molecule has 6 nitrogen and oxygen atoms in total. The molecular weight excluding hydrogens is 236 g/mol. The third-order valence-corrected chi connectivity index (χ3v) is 4.00. The van der Waals surface area contributed by atoms with Gasteiger partial charge in [-0.2, -0.15) is 0 Å². The van der Waals surface area contributed by atoms with Crippen molar-refractivity contribution < 1.29 is 0 Å². The molecule has 0 spiro atoms. The summed E-state index contributed by atoms with van der Waals surface area (Å²) in [6, 6.07) is 0.667. The Morgan fingerprint density at radius 2 is 2.47 bits per heavy atom. The number of nitrogens with one attached hydrogen (secondary N) is 1. The summed E-state index contributed by atoms with van der Waals surface area (Å²) < 4.78 is 3.90. The van der Waals surface area contributed by atoms with Crippen LogP contribution in [0.25, 0.3) is 0 Å². The van der Waals surface area contributed by atoms with Gasteiger partial charge in [0.2, 0.25) is 0 Å². The van der Waals surface area contributed by atoms with Crippen LogP contribution < -0.4 is 11.3 Å². The van der Waals surface area contributed by atoms with E-state index in [0.29, 0.717) is 6.04 Å². The zero-order valence-corrected chi connectivity index (χ0v) is 11.2. The standard InChI is InChI=1S/C10H20N6S/c1-15(6-8-4-3-5-16(8)2)7-9-10(12-11)17-14-13-9/h8,12H,3-7,11H2,1-2H3. The average Bonchev–Trinajstić information content (AvgIpc) is 2.89. The monoisotopic (exact) mass is 256 g/mol. The molecule has 1 unspecified atom stereocenters. The first kappa shape index (κ1) is 12.7. The third kappa shape index (κ3) is 3.12. The summed E-state index contributed by atoms with van der Waals surface area (Å²) in [7, 11) is 4.31. The predicted octanol–water partition coefficient (Wildman–Crippen LogP) is 0.350. The minimum absolute atomic E-state index is 0.667. The van der Waals surface area contributed by atoms with Gasteiger partial charge in [0.05, 0.1) is 0 Å². The molecule has 1 atom stereocenters. The van der Waals surface area contributed by atoms with E-state index in [1.165, 1.54) is 30.9 Å². The molecule has 1 aromatic rings. The molecule has 17 heavy (non-hydrogen) atoms. The van der Waals surface area contributed by atoms with Gasteiger partial charge in [0.25, 0.3) is 0 Å². The smallest absolute Gasteiger partial charge is 0.148 e. The van der Waals surface area contributed by atoms with Gasteiger partial charge in [-0.25, -0.2) is 5.84 Å². The molecule has 7 heteroatoms. The zero-order chi connectivity index (χ0) is 12.3. The number of hydrogen-bond acceptors (Lipinski definition) is 7. The highest BCUT2D eigenvalue weighted by atomic mass is 32.1. The second-order valence-corrected chi connectivity index (χ2v) is 5.42. The maximum Gasteiger partial charge on any atom is 0.148 e. The van der Waals surface area contributed by atoms with Gasteiger partial charge in [-0.15, -0.1) is 5.10 Å². The van der Waals surface area contributed by atoms with Crippen LogP contribution in [0.15, 0.2) is 0 Å². The second kappa shape index (κ2) is 5.72. The van der Waals surface area contributed by atoms with Gasteiger partial charge in [0, 0.05) is 30.7 Å². The summed E-state index contributed by atoms with van der Waals surface area (Å²) in [6.07, 6.45) is 2.60. The highest BCUT2D eigenvalue weighted by molar-refractivity contribution is 7.10. The van der Waals surface area contributed by atoms with Gasteiger partial charge >= 0.3 is 0 Å². The molecule has 0 bridgehead atoms. The van der Waals surface area contributed by atoms with Crippen LogP contribution in [0.3, 0.4) is 0 Å². The van der Waals surface area contributed by atoms with E-state index >= 15 is 0 Å². The van der Waals surface area contributed by atoms with E-state index in [0.717, 1.165) is 23.8 Å². The first-order chi connectivity index (χ1) is 8.20. The van der Waals surface area contributed by atoms with Crippen molar-refractivity contribution in [2.45, 2.75) is 25.4 Å². The molecule has 1 fully saturated rings. The lowest BCUT2D eigenvalue weighted by molar-refractivity contribution is 0.214. The summed E-state index contributed by atoms with van der Waals surface area (Å²) >= 11 is 1.30. The summed E-state index contributed by atoms with van der Waals surface area (Å²) in [4.78, 5) is 4.71. The Balaban J connectivity index is 1.86. The Hall–Kier alpha value is -0.760. The van der Waals surface area contributed by atoms with Gasteiger partial charge in [0.15, 0.2) is 0 Å². The Labute approximate surface area is 106 Å². The number of nitrogens with two attached hydrogens (primary N) is 1. The molecule has 2 rings (SSSR count). The summed E-state index contributed by atoms with van der Waals surface area (Å²) in [5.74, 6) is 5.41. The highest BCUT2D eigenvalue weighted by Gasteiger charge is 2.22. The number of rotatable bonds is 5. The third-order valence-electron chi connectivity index (χ3n) is 3.30. The lowest BCUT2D eigenvalue weighted by Crippen LogP contribution is -2.36. The topological polar surface area (TPSA) is 70.3 Å². The quantitative estimate of drug-likeness (QED) is 0.585. The Morgan fingerprint density at radius 3 is 3.12 bits per heavy atom. The number of likely N-dealkylation sites (N-methyl/N-ethyl adjacent to an activating group) is 2. The summed E-state index contributed by atoms with van der Waals surface area (Å²) in [5, 5.41) is 4.95. The number of nitrogens with zero attached hydrogens (tertiary/aromatic N) is 4. The van der Waals surface area contributed by atoms with Gasteiger partial charge < -0.3 is 10.3 Å². The SMILES string of the molecule is CN(Cc1nnsc1NN)CC1CCCN1C. The van der Waals surface area contributed by atoms with E-state index in [1.54, 1.807) is 0 Å². The highest BCUT2D eigenvalue weighted by Crippen LogP contribution is 2.19. The molecule has 3 N–H and O–H groups in total. The van der Waals surface area contributed by atoms with Crippen LogP contribution in [0.4, 0.5) is 5.00 Å². The number of aromatic nitrogens is 2. The van der Waals surface area contributed by atoms with Crippen LogP contribution in [0.1, 0.15) is 18.5 Å². The van der Waals surface area contributed by atoms with Crippen LogP contribution in [0.5, 0.6) is 0 Å². The van der Waals surface area contributed by atoms with Crippen LogP contribution in [0, 0.1) is 0 Å². The Kier molecular flexibility index (Phi) is 4.27. The average molecular weight is 256 g/mol. The molecule has 0 radical (unpaired) electrons. The van der Waals surface area contributed by atoms with Crippen LogP contribution >= 0.6 is 11.5 Å². The van der Waals surface area contributed by atoms with Gasteiger partial charge in [-0.05, 0) is 33.5 Å². The molecule has 1 aliphatic rings. The first-order valence-electron chi connectivity index (χ1n) is 5.87. The zero-order valence-electron chi connectivity index (χ0n) is 10.4. The van der Waals surface area contributed by atoms with Crippen molar-refractivity contribution in [3.8, 4) is 0 Å². The van der Waals surface area contributed by atoms with Gasteiger partial charge in [0.1, 0.15) is 10.7 Å². The minimum Gasteiger partial charge on any atom is -0.313 e. The van der Waals surface area contributed by atoms with Crippen molar-refractivity contribution in [1.82, 2.24) is 19.4 Å². The van der Waals surface area contributed by atoms with Gasteiger partial charge in [-0.1, -0.05) is 4.49 Å². The van der Waals surface area contributed by atoms with Crippen molar-refractivity contribution in [1.29, 1.82) is 0 Å². The van der Waals surface area contributed by atoms with E-state index in [2.05, 4.69) is 38.9 Å². The molecule has 1 saturated heterocycles. The number of likely N-dealkylation sites (tertiary alicyclic amines) is 1. The summed E-state index contributed by atoms with van der Waals surface area (Å²) in [5.41, 5.74) is 3.57. The normalized spacial score (nSPS) is 21.3. The Morgan fingerprint density at radius 1 is 1.65 bits per heavy atom. The maximum absolute atomic E-state index is 5.41. The van der Waals surface area contributed by atoms with Crippen LogP contribution in [-0.4, -0.2) is 52.6 Å². The van der Waals surface area contributed by atoms with E-state index in [4.69, 9.17) is 5.84 Å². The molecule has 0 amide bonds. The number of hydrazine groups is 1. The van der Waals surface area contributed by atoms with Crippen LogP contribution in [0.2, 0.25) is 0 Å². The van der Waals surface area contributed by atoms with E-state index in [9.17, 15) is 0 Å². The van der Waals surface area contributed by atoms with Crippen molar-refractivity contribution >= 4 is 16.5 Å². The molecule has 0 saturated carbocycles. The fraction of sp³-hybridized carbons (Fsp3) is 0.800. The molecule has 0 aliphatic carbocycles. The Bertz CT molecular complexity index is 354. The lowest BCUT2D eigenvalue weighted by Gasteiger charge is -2.25. The van der Waals surface area contributed by atoms with Crippen molar-refractivity contribution in [2.24, 2.45) is 5.84 Å². The fourth-order valence-corrected chi connectivity index (χ4v) is 2.80. The second-order valence-electron chi connectivity index (χ2n) is 4.67. The van der Waals surface area contributed by atoms with Crippen molar-refractivity contribution in [3.63, 3.8) is 0 Å². The predicted molar refractivity (Wildman–Crippen MR) is 69.7 cm³/mol. The maximum atomic E-state index is 5.41. The van der Waals surface area contributed by atoms with E-state index < -0.39 is 0 Å². The number of anilines is 1. The van der Waals surface area contributed by atoms with Crippen molar-refractivity contribution in [3.05, 3.63) is 5.69 Å². The molecule has 1 aromatic heterocycles.